The maximum absolute atomic E-state index is 12.4. The Hall–Kier alpha value is -1.36. The Morgan fingerprint density at radius 2 is 1.81 bits per heavy atom. The number of H-pyrrole nitrogens is 1. The Kier molecular flexibility index (Phi) is 10.1. The highest BCUT2D eigenvalue weighted by atomic mass is 31.2. The summed E-state index contributed by atoms with van der Waals surface area (Å²) < 4.78 is 17.5. The minimum atomic E-state index is -1.55. The molecule has 0 spiro atoms. The molecule has 0 aliphatic heterocycles. The van der Waals surface area contributed by atoms with E-state index in [-0.39, 0.29) is 28.1 Å². The van der Waals surface area contributed by atoms with E-state index < -0.39 is 14.3 Å². The first-order chi connectivity index (χ1) is 12.5. The second-order valence-corrected chi connectivity index (χ2v) is 7.28. The zero-order valence-electron chi connectivity index (χ0n) is 16.2. The monoisotopic (exact) mass is 414 g/mol. The van der Waals surface area contributed by atoms with Gasteiger partial charge in [0.25, 0.3) is 5.56 Å². The average molecular weight is 414 g/mol. The molecule has 2 aromatic rings. The van der Waals surface area contributed by atoms with Crippen LogP contribution < -0.4 is 11.2 Å². The Morgan fingerprint density at radius 3 is 2.37 bits per heavy atom. The minimum absolute atomic E-state index is 0. The number of nitrogens with one attached hydrogen (secondary N) is 1. The summed E-state index contributed by atoms with van der Waals surface area (Å²) >= 11 is 0. The fraction of sp³-hybridized carbons (Fsp3) is 0.444. The summed E-state index contributed by atoms with van der Waals surface area (Å²) in [6.07, 6.45) is 0.455. The van der Waals surface area contributed by atoms with Crippen molar-refractivity contribution in [2.24, 2.45) is 0 Å². The van der Waals surface area contributed by atoms with E-state index in [0.29, 0.717) is 24.3 Å². The van der Waals surface area contributed by atoms with Gasteiger partial charge in [-0.3, -0.25) is 18.9 Å². The van der Waals surface area contributed by atoms with E-state index in [9.17, 15) is 9.59 Å². The molecule has 0 fully saturated rings. The predicted octanol–water partition coefficient (Wildman–Crippen LogP) is 3.19. The summed E-state index contributed by atoms with van der Waals surface area (Å²) in [6, 6.07) is 9.70. The molecule has 1 aromatic heterocycles. The maximum atomic E-state index is 12.4. The van der Waals surface area contributed by atoms with E-state index >= 15 is 0 Å². The minimum Gasteiger partial charge on any atom is -0.316 e. The van der Waals surface area contributed by atoms with Crippen molar-refractivity contribution in [2.45, 2.75) is 39.8 Å². The van der Waals surface area contributed by atoms with Crippen LogP contribution in [0.4, 0.5) is 0 Å². The van der Waals surface area contributed by atoms with Crippen LogP contribution in [0.25, 0.3) is 0 Å². The summed E-state index contributed by atoms with van der Waals surface area (Å²) in [7, 11) is -0.0631. The van der Waals surface area contributed by atoms with Crippen LogP contribution >= 0.6 is 18.5 Å². The summed E-state index contributed by atoms with van der Waals surface area (Å²) in [6.45, 7) is 6.07. The zero-order valence-corrected chi connectivity index (χ0v) is 18.5. The molecule has 0 aliphatic carbocycles. The fourth-order valence-corrected chi connectivity index (χ4v) is 3.40. The van der Waals surface area contributed by atoms with Crippen molar-refractivity contribution in [1.29, 1.82) is 0 Å². The van der Waals surface area contributed by atoms with Crippen LogP contribution in [-0.2, 0) is 26.7 Å². The largest absolute Gasteiger partial charge is 0.334 e. The molecule has 2 atom stereocenters. The first-order valence-electron chi connectivity index (χ1n) is 8.47. The van der Waals surface area contributed by atoms with Gasteiger partial charge in [-0.05, 0) is 18.4 Å². The molecule has 1 heterocycles. The van der Waals surface area contributed by atoms with Crippen molar-refractivity contribution in [1.82, 2.24) is 9.55 Å². The van der Waals surface area contributed by atoms with Gasteiger partial charge >= 0.3 is 14.3 Å². The third-order valence-corrected chi connectivity index (χ3v) is 4.91. The molecule has 9 heteroatoms. The number of nitrogens with zero attached hydrogens (tertiary/aromatic N) is 1. The van der Waals surface area contributed by atoms with Gasteiger partial charge in [0.1, 0.15) is 6.73 Å². The van der Waals surface area contributed by atoms with E-state index in [1.165, 1.54) is 11.7 Å². The van der Waals surface area contributed by atoms with Crippen LogP contribution in [0.2, 0.25) is 0 Å². The van der Waals surface area contributed by atoms with Crippen LogP contribution in [-0.4, -0.2) is 23.3 Å². The van der Waals surface area contributed by atoms with Gasteiger partial charge in [0.05, 0.1) is 6.61 Å². The lowest BCUT2D eigenvalue weighted by atomic mass is 9.98. The second-order valence-electron chi connectivity index (χ2n) is 5.95. The van der Waals surface area contributed by atoms with E-state index in [2.05, 4.69) is 4.98 Å². The molecule has 1 N–H and O–H groups in total. The molecule has 0 saturated carbocycles. The third kappa shape index (κ3) is 6.34. The highest BCUT2D eigenvalue weighted by Gasteiger charge is 2.19. The van der Waals surface area contributed by atoms with Gasteiger partial charge in [-0.2, -0.15) is 9.90 Å². The standard InChI is InChI=1S/C18H25N2O5P.H3P/c1-5-24-26(23-4)25-12-20-15(11-14-9-7-6-8-10-14)16(13(2)3)17(21)19-18(20)22;/h6-10,13H,5,11-12H2,1-4H3,(H,19,21,22);1H3. The Balaban J connectivity index is 0.00000364. The summed E-state index contributed by atoms with van der Waals surface area (Å²) in [5.41, 5.74) is 1.36. The molecule has 150 valence electrons. The molecule has 2 rings (SSSR count). The average Bonchev–Trinajstić information content (AvgIpc) is 2.60. The number of aromatic nitrogens is 2. The van der Waals surface area contributed by atoms with Crippen molar-refractivity contribution in [3.63, 3.8) is 0 Å². The Labute approximate surface area is 163 Å². The van der Waals surface area contributed by atoms with E-state index in [1.807, 2.05) is 51.1 Å². The molecule has 0 amide bonds. The Bertz CT molecular complexity index is 821. The van der Waals surface area contributed by atoms with Crippen LogP contribution in [0, 0.1) is 0 Å². The molecule has 2 unspecified atom stereocenters. The lowest BCUT2D eigenvalue weighted by molar-refractivity contribution is 0.147. The van der Waals surface area contributed by atoms with Gasteiger partial charge in [-0.15, -0.1) is 0 Å². The van der Waals surface area contributed by atoms with Gasteiger partial charge in [-0.25, -0.2) is 4.79 Å². The van der Waals surface area contributed by atoms with Gasteiger partial charge in [0, 0.05) is 24.8 Å². The van der Waals surface area contributed by atoms with Crippen molar-refractivity contribution in [2.75, 3.05) is 13.7 Å². The number of hydrogen-bond acceptors (Lipinski definition) is 5. The van der Waals surface area contributed by atoms with Crippen LogP contribution in [0.15, 0.2) is 39.9 Å². The van der Waals surface area contributed by atoms with E-state index in [0.717, 1.165) is 5.56 Å². The van der Waals surface area contributed by atoms with Gasteiger partial charge in [0.2, 0.25) is 0 Å². The second kappa shape index (κ2) is 11.5. The molecule has 0 radical (unpaired) electrons. The lowest BCUT2D eigenvalue weighted by Gasteiger charge is -2.20. The third-order valence-electron chi connectivity index (χ3n) is 3.81. The number of hydrogen-bond donors (Lipinski definition) is 1. The van der Waals surface area contributed by atoms with Gasteiger partial charge in [0.15, 0.2) is 0 Å². The SMILES string of the molecule is CCOP(OC)OCn1c(Cc2ccccc2)c(C(C)C)c(=O)[nH]c1=O.P. The van der Waals surface area contributed by atoms with Gasteiger partial charge in [-0.1, -0.05) is 44.2 Å². The molecule has 0 aliphatic rings. The summed E-state index contributed by atoms with van der Waals surface area (Å²) in [4.78, 5) is 27.2. The number of aromatic amines is 1. The molecular weight excluding hydrogens is 386 g/mol. The molecule has 27 heavy (non-hydrogen) atoms. The zero-order chi connectivity index (χ0) is 19.1. The maximum Gasteiger partial charge on any atom is 0.334 e. The van der Waals surface area contributed by atoms with Crippen LogP contribution in [0.5, 0.6) is 0 Å². The molecule has 7 nitrogen and oxygen atoms in total. The van der Waals surface area contributed by atoms with Gasteiger partial charge < -0.3 is 9.05 Å². The molecule has 0 bridgehead atoms. The first kappa shape index (κ1) is 23.7. The van der Waals surface area contributed by atoms with Crippen molar-refractivity contribution < 1.29 is 13.6 Å². The first-order valence-corrected chi connectivity index (χ1v) is 9.57. The fourth-order valence-electron chi connectivity index (χ4n) is 2.70. The number of benzene rings is 1. The highest BCUT2D eigenvalue weighted by molar-refractivity contribution is 7.41. The molecule has 0 saturated heterocycles. The number of rotatable bonds is 9. The van der Waals surface area contributed by atoms with Crippen molar-refractivity contribution in [3.05, 3.63) is 68.0 Å². The predicted molar refractivity (Wildman–Crippen MR) is 112 cm³/mol. The Morgan fingerprint density at radius 1 is 1.15 bits per heavy atom. The van der Waals surface area contributed by atoms with Crippen LogP contribution in [0.3, 0.4) is 0 Å². The molecular formula is C18H28N2O5P2. The quantitative estimate of drug-likeness (QED) is 0.638. The van der Waals surface area contributed by atoms with Crippen LogP contribution in [0.1, 0.15) is 43.5 Å². The summed E-state index contributed by atoms with van der Waals surface area (Å²) in [5, 5.41) is 0. The highest BCUT2D eigenvalue weighted by Crippen LogP contribution is 2.38. The lowest BCUT2D eigenvalue weighted by Crippen LogP contribution is -2.36. The normalized spacial score (nSPS) is 12.0. The summed E-state index contributed by atoms with van der Waals surface area (Å²) in [5.74, 6) is -0.0415. The smallest absolute Gasteiger partial charge is 0.316 e. The molecule has 1 aromatic carbocycles. The van der Waals surface area contributed by atoms with E-state index in [4.69, 9.17) is 13.6 Å². The van der Waals surface area contributed by atoms with Crippen molar-refractivity contribution >= 4 is 18.5 Å². The van der Waals surface area contributed by atoms with E-state index in [1.54, 1.807) is 0 Å². The van der Waals surface area contributed by atoms with Crippen molar-refractivity contribution in [3.8, 4) is 0 Å². The topological polar surface area (TPSA) is 82.6 Å².